The first-order valence-electron chi connectivity index (χ1n) is 7.69. The molecule has 10 nitrogen and oxygen atoms in total. The van der Waals surface area contributed by atoms with Gasteiger partial charge in [-0.3, -0.25) is 25.0 Å². The summed E-state index contributed by atoms with van der Waals surface area (Å²) in [6.07, 6.45) is -0.0617. The highest BCUT2D eigenvalue weighted by Crippen LogP contribution is 2.30. The first kappa shape index (κ1) is 17.5. The zero-order chi connectivity index (χ0) is 19.0. The van der Waals surface area contributed by atoms with Crippen LogP contribution in [0.1, 0.15) is 12.2 Å². The number of aryl methyl sites for hydroxylation is 1. The number of halogens is 1. The summed E-state index contributed by atoms with van der Waals surface area (Å²) in [4.78, 5) is 35.9. The van der Waals surface area contributed by atoms with Crippen LogP contribution in [0, 0.1) is 28.8 Å². The van der Waals surface area contributed by atoms with E-state index in [-0.39, 0.29) is 30.5 Å². The fourth-order valence-electron chi connectivity index (χ4n) is 2.67. The Morgan fingerprint density at radius 1 is 1.42 bits per heavy atom. The molecule has 0 bridgehead atoms. The van der Waals surface area contributed by atoms with Crippen LogP contribution in [-0.2, 0) is 16.6 Å². The van der Waals surface area contributed by atoms with Crippen molar-refractivity contribution in [3.63, 3.8) is 0 Å². The van der Waals surface area contributed by atoms with Gasteiger partial charge in [0.25, 0.3) is 0 Å². The molecule has 0 saturated carbocycles. The molecule has 1 aromatic heterocycles. The van der Waals surface area contributed by atoms with E-state index in [0.29, 0.717) is 5.82 Å². The summed E-state index contributed by atoms with van der Waals surface area (Å²) < 4.78 is 15.1. The minimum atomic E-state index is -0.989. The van der Waals surface area contributed by atoms with Crippen molar-refractivity contribution in [2.24, 2.45) is 13.0 Å². The van der Waals surface area contributed by atoms with Gasteiger partial charge in [-0.05, 0) is 19.1 Å². The molecule has 26 heavy (non-hydrogen) atoms. The molecule has 136 valence electrons. The van der Waals surface area contributed by atoms with E-state index < -0.39 is 28.3 Å². The van der Waals surface area contributed by atoms with Gasteiger partial charge in [0.05, 0.1) is 16.5 Å². The summed E-state index contributed by atoms with van der Waals surface area (Å²) in [6, 6.07) is 3.18. The maximum absolute atomic E-state index is 13.5. The number of nitro groups is 1. The maximum atomic E-state index is 13.5. The van der Waals surface area contributed by atoms with Gasteiger partial charge in [-0.25, -0.2) is 0 Å². The molecule has 1 aliphatic heterocycles. The van der Waals surface area contributed by atoms with Crippen LogP contribution in [0.5, 0.6) is 0 Å². The fourth-order valence-corrected chi connectivity index (χ4v) is 2.67. The lowest BCUT2D eigenvalue weighted by Gasteiger charge is -2.16. The summed E-state index contributed by atoms with van der Waals surface area (Å²) >= 11 is 0. The van der Waals surface area contributed by atoms with E-state index in [2.05, 4.69) is 15.5 Å². The van der Waals surface area contributed by atoms with Gasteiger partial charge in [0.2, 0.25) is 23.6 Å². The lowest BCUT2D eigenvalue weighted by molar-refractivity contribution is -0.387. The van der Waals surface area contributed by atoms with Gasteiger partial charge in [0.1, 0.15) is 5.82 Å². The SMILES string of the molecule is Cc1nnc(NC(=O)[C@H]2CC(=O)N(c3ccc(F)c([N+](=O)[O-])c3)C2)n1C. The number of carbonyl (C=O) groups is 2. The van der Waals surface area contributed by atoms with Crippen LogP contribution < -0.4 is 10.2 Å². The van der Waals surface area contributed by atoms with Gasteiger partial charge >= 0.3 is 5.69 Å². The average Bonchev–Trinajstić information content (AvgIpc) is 3.13. The molecule has 2 aromatic rings. The molecule has 1 N–H and O–H groups in total. The molecule has 11 heteroatoms. The quantitative estimate of drug-likeness (QED) is 0.643. The fraction of sp³-hybridized carbons (Fsp3) is 0.333. The number of hydrogen-bond acceptors (Lipinski definition) is 6. The summed E-state index contributed by atoms with van der Waals surface area (Å²) in [5.41, 5.74) is -0.550. The van der Waals surface area contributed by atoms with Crippen LogP contribution in [0.4, 0.5) is 21.7 Å². The van der Waals surface area contributed by atoms with Crippen molar-refractivity contribution < 1.29 is 18.9 Å². The van der Waals surface area contributed by atoms with Crippen LogP contribution in [0.3, 0.4) is 0 Å². The first-order valence-corrected chi connectivity index (χ1v) is 7.69. The van der Waals surface area contributed by atoms with Crippen LogP contribution >= 0.6 is 0 Å². The Balaban J connectivity index is 1.76. The zero-order valence-electron chi connectivity index (χ0n) is 14.0. The van der Waals surface area contributed by atoms with Crippen molar-refractivity contribution in [2.45, 2.75) is 13.3 Å². The number of aromatic nitrogens is 3. The number of nitrogens with one attached hydrogen (secondary N) is 1. The van der Waals surface area contributed by atoms with Crippen molar-refractivity contribution in [2.75, 3.05) is 16.8 Å². The maximum Gasteiger partial charge on any atom is 0.306 e. The lowest BCUT2D eigenvalue weighted by atomic mass is 10.1. The van der Waals surface area contributed by atoms with Crippen LogP contribution in [0.25, 0.3) is 0 Å². The molecule has 3 rings (SSSR count). The van der Waals surface area contributed by atoms with Gasteiger partial charge in [-0.15, -0.1) is 10.2 Å². The molecular weight excluding hydrogens is 347 g/mol. The summed E-state index contributed by atoms with van der Waals surface area (Å²) in [7, 11) is 1.69. The summed E-state index contributed by atoms with van der Waals surface area (Å²) in [6.45, 7) is 1.76. The van der Waals surface area contributed by atoms with E-state index in [9.17, 15) is 24.1 Å². The molecule has 0 radical (unpaired) electrons. The second-order valence-electron chi connectivity index (χ2n) is 5.92. The molecule has 0 spiro atoms. The van der Waals surface area contributed by atoms with Crippen LogP contribution in [0.15, 0.2) is 18.2 Å². The number of carbonyl (C=O) groups excluding carboxylic acids is 2. The monoisotopic (exact) mass is 362 g/mol. The molecule has 1 saturated heterocycles. The highest BCUT2D eigenvalue weighted by Gasteiger charge is 2.36. The van der Waals surface area contributed by atoms with E-state index >= 15 is 0 Å². The second kappa shape index (κ2) is 6.50. The van der Waals surface area contributed by atoms with Crippen molar-refractivity contribution >= 4 is 29.1 Å². The standard InChI is InChI=1S/C15H15FN6O4/c1-8-18-19-15(20(8)2)17-14(24)9-5-13(23)21(7-9)10-3-4-11(16)12(6-10)22(25)26/h3-4,6,9H,5,7H2,1-2H3,(H,17,19,24)/t9-/m0/s1. The molecule has 2 amide bonds. The van der Waals surface area contributed by atoms with Gasteiger partial charge in [-0.2, -0.15) is 4.39 Å². The van der Waals surface area contributed by atoms with Crippen molar-refractivity contribution in [3.05, 3.63) is 40.0 Å². The Hall–Kier alpha value is -3.37. The molecule has 1 fully saturated rings. The van der Waals surface area contributed by atoms with E-state index in [0.717, 1.165) is 12.1 Å². The Morgan fingerprint density at radius 3 is 2.77 bits per heavy atom. The van der Waals surface area contributed by atoms with Crippen LogP contribution in [-0.4, -0.2) is 38.0 Å². The Bertz CT molecular complexity index is 912. The normalized spacial score (nSPS) is 16.8. The Labute approximate surface area is 146 Å². The average molecular weight is 362 g/mol. The van der Waals surface area contributed by atoms with Crippen molar-refractivity contribution in [1.82, 2.24) is 14.8 Å². The van der Waals surface area contributed by atoms with Gasteiger partial charge in [-0.1, -0.05) is 0 Å². The number of nitro benzene ring substituents is 1. The van der Waals surface area contributed by atoms with E-state index in [1.165, 1.54) is 11.0 Å². The predicted octanol–water partition coefficient (Wildman–Crippen LogP) is 1.16. The Kier molecular flexibility index (Phi) is 4.36. The number of nitrogens with zero attached hydrogens (tertiary/aromatic N) is 5. The first-order chi connectivity index (χ1) is 12.3. The Morgan fingerprint density at radius 2 is 2.15 bits per heavy atom. The third-order valence-electron chi connectivity index (χ3n) is 4.26. The third-order valence-corrected chi connectivity index (χ3v) is 4.26. The van der Waals surface area contributed by atoms with Gasteiger partial charge < -0.3 is 9.47 Å². The van der Waals surface area contributed by atoms with Gasteiger partial charge in [0.15, 0.2) is 0 Å². The van der Waals surface area contributed by atoms with Gasteiger partial charge in [0, 0.05) is 26.1 Å². The van der Waals surface area contributed by atoms with E-state index in [1.807, 2.05) is 0 Å². The third kappa shape index (κ3) is 3.10. The predicted molar refractivity (Wildman–Crippen MR) is 87.9 cm³/mol. The molecule has 1 atom stereocenters. The van der Waals surface area contributed by atoms with Crippen molar-refractivity contribution in [1.29, 1.82) is 0 Å². The molecule has 1 aliphatic rings. The van der Waals surface area contributed by atoms with E-state index in [4.69, 9.17) is 0 Å². The largest absolute Gasteiger partial charge is 0.311 e. The molecule has 2 heterocycles. The number of rotatable bonds is 4. The topological polar surface area (TPSA) is 123 Å². The number of amides is 2. The summed E-state index contributed by atoms with van der Waals surface area (Å²) in [5, 5.41) is 21.1. The number of hydrogen-bond donors (Lipinski definition) is 1. The molecule has 0 aliphatic carbocycles. The zero-order valence-corrected chi connectivity index (χ0v) is 14.0. The molecular formula is C15H15FN6O4. The highest BCUT2D eigenvalue weighted by molar-refractivity contribution is 6.03. The summed E-state index contributed by atoms with van der Waals surface area (Å²) in [5.74, 6) is -1.56. The molecule has 0 unspecified atom stereocenters. The van der Waals surface area contributed by atoms with E-state index in [1.54, 1.807) is 18.5 Å². The highest BCUT2D eigenvalue weighted by atomic mass is 19.1. The minimum Gasteiger partial charge on any atom is -0.311 e. The smallest absolute Gasteiger partial charge is 0.306 e. The van der Waals surface area contributed by atoms with Crippen LogP contribution in [0.2, 0.25) is 0 Å². The molecule has 1 aromatic carbocycles. The lowest BCUT2D eigenvalue weighted by Crippen LogP contribution is -2.28. The minimum absolute atomic E-state index is 0.0320. The van der Waals surface area contributed by atoms with Crippen molar-refractivity contribution in [3.8, 4) is 0 Å². The second-order valence-corrected chi connectivity index (χ2v) is 5.92. The number of anilines is 2. The number of benzene rings is 1.